The Morgan fingerprint density at radius 3 is 2.59 bits per heavy atom. The molecule has 1 aliphatic heterocycles. The SMILES string of the molecule is CCCNCCN1CCC(CNC(C)=O)CC1. The van der Waals surface area contributed by atoms with Gasteiger partial charge in [0.15, 0.2) is 0 Å². The summed E-state index contributed by atoms with van der Waals surface area (Å²) >= 11 is 0. The number of hydrogen-bond donors (Lipinski definition) is 2. The normalized spacial score (nSPS) is 18.2. The molecule has 0 radical (unpaired) electrons. The van der Waals surface area contributed by atoms with Crippen molar-refractivity contribution >= 4 is 5.91 Å². The van der Waals surface area contributed by atoms with Crippen LogP contribution in [-0.4, -0.2) is 50.1 Å². The van der Waals surface area contributed by atoms with E-state index in [1.54, 1.807) is 6.92 Å². The van der Waals surface area contributed by atoms with Crippen LogP contribution >= 0.6 is 0 Å². The van der Waals surface area contributed by atoms with Gasteiger partial charge in [0.2, 0.25) is 5.91 Å². The molecule has 0 spiro atoms. The lowest BCUT2D eigenvalue weighted by molar-refractivity contribution is -0.119. The molecule has 0 saturated carbocycles. The Balaban J connectivity index is 2.03. The Morgan fingerprint density at radius 2 is 2.00 bits per heavy atom. The Hall–Kier alpha value is -0.610. The summed E-state index contributed by atoms with van der Waals surface area (Å²) in [4.78, 5) is 13.3. The molecule has 0 aromatic heterocycles. The molecule has 0 aliphatic carbocycles. The van der Waals surface area contributed by atoms with Crippen molar-refractivity contribution in [3.63, 3.8) is 0 Å². The van der Waals surface area contributed by atoms with Crippen LogP contribution in [0.1, 0.15) is 33.1 Å². The minimum absolute atomic E-state index is 0.0937. The molecule has 1 fully saturated rings. The van der Waals surface area contributed by atoms with E-state index in [0.717, 1.165) is 26.2 Å². The molecular formula is C13H27N3O. The summed E-state index contributed by atoms with van der Waals surface area (Å²) in [5, 5.41) is 6.36. The van der Waals surface area contributed by atoms with E-state index >= 15 is 0 Å². The largest absolute Gasteiger partial charge is 0.356 e. The van der Waals surface area contributed by atoms with Crippen LogP contribution in [0.3, 0.4) is 0 Å². The Morgan fingerprint density at radius 1 is 1.29 bits per heavy atom. The number of hydrogen-bond acceptors (Lipinski definition) is 3. The van der Waals surface area contributed by atoms with Crippen LogP contribution in [0.25, 0.3) is 0 Å². The number of piperidine rings is 1. The number of nitrogens with zero attached hydrogens (tertiary/aromatic N) is 1. The number of nitrogens with one attached hydrogen (secondary N) is 2. The van der Waals surface area contributed by atoms with E-state index < -0.39 is 0 Å². The van der Waals surface area contributed by atoms with E-state index in [1.807, 2.05) is 0 Å². The lowest BCUT2D eigenvalue weighted by Crippen LogP contribution is -2.41. The monoisotopic (exact) mass is 241 g/mol. The molecule has 0 aromatic carbocycles. The number of likely N-dealkylation sites (tertiary alicyclic amines) is 1. The molecule has 1 aliphatic rings. The predicted octanol–water partition coefficient (Wildman–Crippen LogP) is 0.834. The van der Waals surface area contributed by atoms with Crippen LogP contribution in [0.4, 0.5) is 0 Å². The van der Waals surface area contributed by atoms with Gasteiger partial charge in [0, 0.05) is 26.6 Å². The quantitative estimate of drug-likeness (QED) is 0.649. The lowest BCUT2D eigenvalue weighted by Gasteiger charge is -2.31. The van der Waals surface area contributed by atoms with Crippen LogP contribution < -0.4 is 10.6 Å². The fourth-order valence-electron chi connectivity index (χ4n) is 2.24. The predicted molar refractivity (Wildman–Crippen MR) is 71.0 cm³/mol. The van der Waals surface area contributed by atoms with Gasteiger partial charge in [-0.1, -0.05) is 6.92 Å². The highest BCUT2D eigenvalue weighted by atomic mass is 16.1. The van der Waals surface area contributed by atoms with Crippen molar-refractivity contribution in [2.45, 2.75) is 33.1 Å². The number of amides is 1. The lowest BCUT2D eigenvalue weighted by atomic mass is 9.97. The van der Waals surface area contributed by atoms with Crippen molar-refractivity contribution in [3.05, 3.63) is 0 Å². The molecule has 0 atom stereocenters. The molecule has 1 saturated heterocycles. The first kappa shape index (κ1) is 14.5. The maximum Gasteiger partial charge on any atom is 0.216 e. The zero-order chi connectivity index (χ0) is 12.5. The second kappa shape index (κ2) is 8.48. The summed E-state index contributed by atoms with van der Waals surface area (Å²) in [6.07, 6.45) is 3.64. The minimum atomic E-state index is 0.0937. The van der Waals surface area contributed by atoms with E-state index in [4.69, 9.17) is 0 Å². The van der Waals surface area contributed by atoms with Crippen molar-refractivity contribution in [3.8, 4) is 0 Å². The topological polar surface area (TPSA) is 44.4 Å². The Kier molecular flexibility index (Phi) is 7.21. The third-order valence-corrected chi connectivity index (χ3v) is 3.38. The van der Waals surface area contributed by atoms with Crippen molar-refractivity contribution in [1.29, 1.82) is 0 Å². The second-order valence-corrected chi connectivity index (χ2v) is 4.97. The summed E-state index contributed by atoms with van der Waals surface area (Å²) in [7, 11) is 0. The molecule has 1 rings (SSSR count). The van der Waals surface area contributed by atoms with Crippen LogP contribution in [0, 0.1) is 5.92 Å². The van der Waals surface area contributed by atoms with Gasteiger partial charge in [-0.3, -0.25) is 4.79 Å². The van der Waals surface area contributed by atoms with E-state index in [-0.39, 0.29) is 5.91 Å². The third-order valence-electron chi connectivity index (χ3n) is 3.38. The molecule has 17 heavy (non-hydrogen) atoms. The molecule has 1 heterocycles. The van der Waals surface area contributed by atoms with Crippen LogP contribution in [0.2, 0.25) is 0 Å². The molecule has 0 bridgehead atoms. The van der Waals surface area contributed by atoms with Gasteiger partial charge in [0.25, 0.3) is 0 Å². The average Bonchev–Trinajstić information content (AvgIpc) is 2.33. The van der Waals surface area contributed by atoms with Gasteiger partial charge in [0.05, 0.1) is 0 Å². The number of carbonyl (C=O) groups is 1. The van der Waals surface area contributed by atoms with Crippen molar-refractivity contribution in [2.24, 2.45) is 5.92 Å². The summed E-state index contributed by atoms with van der Waals surface area (Å²) in [6, 6.07) is 0. The van der Waals surface area contributed by atoms with Gasteiger partial charge < -0.3 is 15.5 Å². The third kappa shape index (κ3) is 6.64. The molecule has 1 amide bonds. The zero-order valence-corrected chi connectivity index (χ0v) is 11.3. The van der Waals surface area contributed by atoms with Crippen molar-refractivity contribution in [2.75, 3.05) is 39.3 Å². The first-order valence-corrected chi connectivity index (χ1v) is 6.90. The minimum Gasteiger partial charge on any atom is -0.356 e. The van der Waals surface area contributed by atoms with Gasteiger partial charge in [-0.15, -0.1) is 0 Å². The average molecular weight is 241 g/mol. The Bertz CT molecular complexity index is 213. The number of carbonyl (C=O) groups excluding carboxylic acids is 1. The molecule has 4 nitrogen and oxygen atoms in total. The smallest absolute Gasteiger partial charge is 0.216 e. The highest BCUT2D eigenvalue weighted by molar-refractivity contribution is 5.72. The van der Waals surface area contributed by atoms with Crippen molar-refractivity contribution in [1.82, 2.24) is 15.5 Å². The van der Waals surface area contributed by atoms with Gasteiger partial charge in [-0.05, 0) is 44.8 Å². The summed E-state index contributed by atoms with van der Waals surface area (Å²) < 4.78 is 0. The second-order valence-electron chi connectivity index (χ2n) is 4.97. The van der Waals surface area contributed by atoms with E-state index in [9.17, 15) is 4.79 Å². The molecule has 0 unspecified atom stereocenters. The molecule has 100 valence electrons. The maximum atomic E-state index is 10.8. The fourth-order valence-corrected chi connectivity index (χ4v) is 2.24. The fraction of sp³-hybridized carbons (Fsp3) is 0.923. The van der Waals surface area contributed by atoms with Crippen molar-refractivity contribution < 1.29 is 4.79 Å². The first-order chi connectivity index (χ1) is 8.22. The molecular weight excluding hydrogens is 214 g/mol. The molecule has 0 aromatic rings. The number of rotatable bonds is 7. The first-order valence-electron chi connectivity index (χ1n) is 6.90. The van der Waals surface area contributed by atoms with Crippen LogP contribution in [0.5, 0.6) is 0 Å². The van der Waals surface area contributed by atoms with Gasteiger partial charge in [-0.25, -0.2) is 0 Å². The molecule has 2 N–H and O–H groups in total. The van der Waals surface area contributed by atoms with Crippen LogP contribution in [-0.2, 0) is 4.79 Å². The van der Waals surface area contributed by atoms with Gasteiger partial charge >= 0.3 is 0 Å². The summed E-state index contributed by atoms with van der Waals surface area (Å²) in [6.45, 7) is 10.4. The maximum absolute atomic E-state index is 10.8. The van der Waals surface area contributed by atoms with Gasteiger partial charge in [-0.2, -0.15) is 0 Å². The summed E-state index contributed by atoms with van der Waals surface area (Å²) in [5.41, 5.74) is 0. The molecule has 4 heteroatoms. The van der Waals surface area contributed by atoms with E-state index in [1.165, 1.54) is 32.4 Å². The van der Waals surface area contributed by atoms with E-state index in [0.29, 0.717) is 5.92 Å². The Labute approximate surface area is 105 Å². The highest BCUT2D eigenvalue weighted by Gasteiger charge is 2.18. The van der Waals surface area contributed by atoms with Crippen LogP contribution in [0.15, 0.2) is 0 Å². The van der Waals surface area contributed by atoms with E-state index in [2.05, 4.69) is 22.5 Å². The van der Waals surface area contributed by atoms with Gasteiger partial charge in [0.1, 0.15) is 0 Å². The standard InChI is InChI=1S/C13H27N3O/c1-3-6-14-7-10-16-8-4-13(5-9-16)11-15-12(2)17/h13-14H,3-11H2,1-2H3,(H,15,17). The highest BCUT2D eigenvalue weighted by Crippen LogP contribution is 2.15. The summed E-state index contributed by atoms with van der Waals surface area (Å²) in [5.74, 6) is 0.773. The zero-order valence-electron chi connectivity index (χ0n) is 11.3.